The molecule has 0 aliphatic carbocycles. The molecule has 0 bridgehead atoms. The molecular formula is C19H25NO6S. The number of carboxylic acids is 1. The minimum Gasteiger partial charge on any atom is -0.507 e. The first-order valence-corrected chi connectivity index (χ1v) is 9.92. The van der Waals surface area contributed by atoms with Crippen LogP contribution in [0.2, 0.25) is 0 Å². The molecule has 1 unspecified atom stereocenters. The summed E-state index contributed by atoms with van der Waals surface area (Å²) in [5.74, 6) is -0.277. The zero-order valence-corrected chi connectivity index (χ0v) is 16.4. The number of thioether (sulfide) groups is 1. The van der Waals surface area contributed by atoms with Gasteiger partial charge in [-0.05, 0) is 45.2 Å². The number of aromatic hydroxyl groups is 1. The van der Waals surface area contributed by atoms with E-state index < -0.39 is 11.5 Å². The van der Waals surface area contributed by atoms with Crippen LogP contribution in [0.4, 0.5) is 0 Å². The van der Waals surface area contributed by atoms with Crippen molar-refractivity contribution in [3.63, 3.8) is 0 Å². The van der Waals surface area contributed by atoms with E-state index in [2.05, 4.69) is 4.99 Å². The zero-order chi connectivity index (χ0) is 19.9. The van der Waals surface area contributed by atoms with E-state index in [1.54, 1.807) is 26.0 Å². The van der Waals surface area contributed by atoms with Crippen molar-refractivity contribution in [2.24, 2.45) is 4.99 Å². The number of benzene rings is 1. The Morgan fingerprint density at radius 2 is 2.07 bits per heavy atom. The maximum atomic E-state index is 11.3. The third-order valence-electron chi connectivity index (χ3n) is 4.10. The average Bonchev–Trinajstić information content (AvgIpc) is 3.02. The molecule has 7 nitrogen and oxygen atoms in total. The highest BCUT2D eigenvalue weighted by Gasteiger charge is 2.38. The van der Waals surface area contributed by atoms with E-state index in [9.17, 15) is 19.8 Å². The maximum absolute atomic E-state index is 11.3. The third kappa shape index (κ3) is 5.89. The first-order chi connectivity index (χ1) is 12.9. The first kappa shape index (κ1) is 21.1. The summed E-state index contributed by atoms with van der Waals surface area (Å²) in [6.45, 7) is 4.23. The molecule has 148 valence electrons. The van der Waals surface area contributed by atoms with Gasteiger partial charge in [0.15, 0.2) is 5.54 Å². The lowest BCUT2D eigenvalue weighted by atomic mass is 10.1. The van der Waals surface area contributed by atoms with Gasteiger partial charge in [0.05, 0.1) is 13.2 Å². The predicted octanol–water partition coefficient (Wildman–Crippen LogP) is 3.23. The number of unbranched alkanes of at least 4 members (excludes halogenated alkanes) is 2. The second-order valence-corrected chi connectivity index (χ2v) is 7.39. The van der Waals surface area contributed by atoms with Crippen molar-refractivity contribution in [2.75, 3.05) is 19.0 Å². The van der Waals surface area contributed by atoms with Gasteiger partial charge in [-0.2, -0.15) is 0 Å². The van der Waals surface area contributed by atoms with E-state index in [-0.39, 0.29) is 11.7 Å². The van der Waals surface area contributed by atoms with Crippen molar-refractivity contribution in [2.45, 2.75) is 45.1 Å². The van der Waals surface area contributed by atoms with E-state index in [1.807, 2.05) is 0 Å². The van der Waals surface area contributed by atoms with Crippen LogP contribution in [0.25, 0.3) is 0 Å². The second kappa shape index (κ2) is 9.64. The molecule has 0 radical (unpaired) electrons. The van der Waals surface area contributed by atoms with E-state index in [1.165, 1.54) is 17.8 Å². The topological polar surface area (TPSA) is 105 Å². The second-order valence-electron chi connectivity index (χ2n) is 6.43. The van der Waals surface area contributed by atoms with Gasteiger partial charge in [-0.15, -0.1) is 11.8 Å². The van der Waals surface area contributed by atoms with Gasteiger partial charge in [-0.3, -0.25) is 9.79 Å². The molecule has 27 heavy (non-hydrogen) atoms. The molecule has 2 rings (SSSR count). The van der Waals surface area contributed by atoms with Gasteiger partial charge >= 0.3 is 11.9 Å². The molecule has 1 aromatic carbocycles. The van der Waals surface area contributed by atoms with Crippen molar-refractivity contribution in [3.05, 3.63) is 23.8 Å². The molecule has 0 fully saturated rings. The summed E-state index contributed by atoms with van der Waals surface area (Å²) in [5, 5.41) is 20.0. The normalized spacial score (nSPS) is 18.8. The van der Waals surface area contributed by atoms with Crippen LogP contribution in [0.3, 0.4) is 0 Å². The van der Waals surface area contributed by atoms with Gasteiger partial charge in [0.25, 0.3) is 0 Å². The van der Waals surface area contributed by atoms with Crippen molar-refractivity contribution >= 4 is 28.7 Å². The van der Waals surface area contributed by atoms with Gasteiger partial charge < -0.3 is 19.7 Å². The lowest BCUT2D eigenvalue weighted by molar-refractivity contribution is -0.143. The fraction of sp³-hybridized carbons (Fsp3) is 0.526. The highest BCUT2D eigenvalue weighted by molar-refractivity contribution is 8.14. The number of hydrogen-bond acceptors (Lipinski definition) is 7. The smallest absolute Gasteiger partial charge is 0.332 e. The van der Waals surface area contributed by atoms with Crippen molar-refractivity contribution in [1.29, 1.82) is 0 Å². The zero-order valence-electron chi connectivity index (χ0n) is 15.6. The molecule has 1 atom stereocenters. The summed E-state index contributed by atoms with van der Waals surface area (Å²) in [5.41, 5.74) is -0.655. The number of hydrogen-bond donors (Lipinski definition) is 2. The Morgan fingerprint density at radius 3 is 2.70 bits per heavy atom. The number of carbonyl (C=O) groups excluding carboxylic acids is 1. The number of phenolic OH excluding ortho intramolecular Hbond substituents is 1. The van der Waals surface area contributed by atoms with Crippen LogP contribution in [-0.4, -0.2) is 51.7 Å². The SMILES string of the molecule is CCOC(=O)CCCCCOc1ccc(C2=NC(C)(C(=O)O)CS2)c(O)c1. The number of esters is 1. The number of carbonyl (C=O) groups is 2. The molecule has 0 spiro atoms. The Kier molecular flexibility index (Phi) is 7.53. The molecule has 1 heterocycles. The van der Waals surface area contributed by atoms with Crippen LogP contribution < -0.4 is 4.74 Å². The molecule has 0 aromatic heterocycles. The van der Waals surface area contributed by atoms with Crippen LogP contribution in [0.15, 0.2) is 23.2 Å². The van der Waals surface area contributed by atoms with Crippen LogP contribution in [0.1, 0.15) is 45.1 Å². The number of rotatable bonds is 10. The summed E-state index contributed by atoms with van der Waals surface area (Å²) in [7, 11) is 0. The largest absolute Gasteiger partial charge is 0.507 e. The van der Waals surface area contributed by atoms with Gasteiger partial charge in [0.2, 0.25) is 0 Å². The van der Waals surface area contributed by atoms with Gasteiger partial charge in [0, 0.05) is 23.8 Å². The van der Waals surface area contributed by atoms with E-state index >= 15 is 0 Å². The third-order valence-corrected chi connectivity index (χ3v) is 5.39. The molecule has 2 N–H and O–H groups in total. The average molecular weight is 395 g/mol. The first-order valence-electron chi connectivity index (χ1n) is 8.93. The molecule has 0 saturated heterocycles. The fourth-order valence-electron chi connectivity index (χ4n) is 2.50. The molecule has 1 aliphatic rings. The number of aliphatic carboxylic acids is 1. The van der Waals surface area contributed by atoms with Crippen LogP contribution in [0.5, 0.6) is 11.5 Å². The Morgan fingerprint density at radius 1 is 1.30 bits per heavy atom. The molecule has 8 heteroatoms. The fourth-order valence-corrected chi connectivity index (χ4v) is 3.70. The molecule has 1 aliphatic heterocycles. The summed E-state index contributed by atoms with van der Waals surface area (Å²) >= 11 is 1.31. The molecule has 0 amide bonds. The number of phenols is 1. The monoisotopic (exact) mass is 395 g/mol. The number of carboxylic acid groups (broad SMARTS) is 1. The highest BCUT2D eigenvalue weighted by atomic mass is 32.2. The molecule has 0 saturated carbocycles. The lowest BCUT2D eigenvalue weighted by Crippen LogP contribution is -2.33. The standard InChI is InChI=1S/C19H25NO6S/c1-3-25-16(22)7-5-4-6-10-26-13-8-9-14(15(21)11-13)17-20-19(2,12-27-17)18(23)24/h8-9,11,21H,3-7,10,12H2,1-2H3,(H,23,24). The van der Waals surface area contributed by atoms with E-state index in [0.717, 1.165) is 19.3 Å². The summed E-state index contributed by atoms with van der Waals surface area (Å²) < 4.78 is 10.5. The van der Waals surface area contributed by atoms with Crippen LogP contribution >= 0.6 is 11.8 Å². The van der Waals surface area contributed by atoms with E-state index in [0.29, 0.717) is 41.7 Å². The Bertz CT molecular complexity index is 720. The minimum absolute atomic E-state index is 0.00991. The van der Waals surface area contributed by atoms with Crippen molar-refractivity contribution in [1.82, 2.24) is 0 Å². The molecule has 1 aromatic rings. The Balaban J connectivity index is 1.82. The number of ether oxygens (including phenoxy) is 2. The predicted molar refractivity (Wildman–Crippen MR) is 104 cm³/mol. The summed E-state index contributed by atoms with van der Waals surface area (Å²) in [6.07, 6.45) is 2.82. The van der Waals surface area contributed by atoms with Crippen molar-refractivity contribution in [3.8, 4) is 11.5 Å². The summed E-state index contributed by atoms with van der Waals surface area (Å²) in [6, 6.07) is 4.92. The lowest BCUT2D eigenvalue weighted by Gasteiger charge is -2.11. The Hall–Kier alpha value is -2.22. The minimum atomic E-state index is -1.16. The van der Waals surface area contributed by atoms with Gasteiger partial charge in [-0.1, -0.05) is 0 Å². The van der Waals surface area contributed by atoms with Crippen molar-refractivity contribution < 1.29 is 29.3 Å². The quantitative estimate of drug-likeness (QED) is 0.463. The maximum Gasteiger partial charge on any atom is 0.332 e. The van der Waals surface area contributed by atoms with Crippen LogP contribution in [-0.2, 0) is 14.3 Å². The highest BCUT2D eigenvalue weighted by Crippen LogP contribution is 2.35. The summed E-state index contributed by atoms with van der Waals surface area (Å²) in [4.78, 5) is 26.7. The molecular weight excluding hydrogens is 370 g/mol. The number of aliphatic imine (C=N–C) groups is 1. The van der Waals surface area contributed by atoms with Crippen LogP contribution in [0, 0.1) is 0 Å². The van der Waals surface area contributed by atoms with Gasteiger partial charge in [0.1, 0.15) is 16.5 Å². The number of nitrogens with zero attached hydrogens (tertiary/aromatic N) is 1. The Labute approximate surface area is 162 Å². The van der Waals surface area contributed by atoms with E-state index in [4.69, 9.17) is 9.47 Å². The van der Waals surface area contributed by atoms with Gasteiger partial charge in [-0.25, -0.2) is 4.79 Å².